The molecule has 0 saturated carbocycles. The molecule has 106 valence electrons. The van der Waals surface area contributed by atoms with Crippen LogP contribution in [0, 0.1) is 10.1 Å². The number of hydrogen-bond acceptors (Lipinski definition) is 5. The molecule has 9 heteroatoms. The van der Waals surface area contributed by atoms with E-state index in [9.17, 15) is 10.1 Å². The lowest BCUT2D eigenvalue weighted by Crippen LogP contribution is -1.90. The Bertz CT molecular complexity index is 830. The Morgan fingerprint density at radius 1 is 1.33 bits per heavy atom. The maximum absolute atomic E-state index is 10.9. The van der Waals surface area contributed by atoms with Crippen molar-refractivity contribution in [3.05, 3.63) is 50.1 Å². The molecule has 2 aromatic heterocycles. The Morgan fingerprint density at radius 2 is 2.14 bits per heavy atom. The highest BCUT2D eigenvalue weighted by Crippen LogP contribution is 2.30. The first-order valence-corrected chi connectivity index (χ1v) is 6.84. The summed E-state index contributed by atoms with van der Waals surface area (Å²) in [7, 11) is 0. The summed E-state index contributed by atoms with van der Waals surface area (Å²) in [5.41, 5.74) is 0.292. The normalized spacial score (nSPS) is 10.8. The summed E-state index contributed by atoms with van der Waals surface area (Å²) in [6.45, 7) is 0. The van der Waals surface area contributed by atoms with E-state index < -0.39 is 4.92 Å². The van der Waals surface area contributed by atoms with Gasteiger partial charge < -0.3 is 4.42 Å². The number of furan rings is 1. The number of nitrogens with one attached hydrogen (secondary N) is 1. The van der Waals surface area contributed by atoms with Crippen LogP contribution in [0.25, 0.3) is 23.0 Å². The lowest BCUT2D eigenvalue weighted by molar-refractivity contribution is -0.384. The van der Waals surface area contributed by atoms with Gasteiger partial charge in [-0.25, -0.2) is 4.98 Å². The van der Waals surface area contributed by atoms with Gasteiger partial charge in [0.15, 0.2) is 22.1 Å². The van der Waals surface area contributed by atoms with Crippen molar-refractivity contribution in [1.82, 2.24) is 15.2 Å². The number of rotatable bonds is 3. The summed E-state index contributed by atoms with van der Waals surface area (Å²) in [6.07, 6.45) is 0. The van der Waals surface area contributed by atoms with Crippen molar-refractivity contribution in [1.29, 1.82) is 0 Å². The van der Waals surface area contributed by atoms with E-state index >= 15 is 0 Å². The number of hydrogen-bond donors (Lipinski definition) is 1. The lowest BCUT2D eigenvalue weighted by Gasteiger charge is -1.97. The molecule has 0 atom stereocenters. The molecule has 0 radical (unpaired) electrons. The van der Waals surface area contributed by atoms with Gasteiger partial charge in [0.25, 0.3) is 5.69 Å². The zero-order valence-corrected chi connectivity index (χ0v) is 12.6. The standard InChI is InChI=1S/C12H6BrClN4O3/c13-10-4-3-9(21-10)12-15-11(16-17-12)6-1-2-7(14)8(5-6)18(19)20/h1-5H,(H,15,16,17). The van der Waals surface area contributed by atoms with Crippen molar-refractivity contribution in [3.63, 3.8) is 0 Å². The van der Waals surface area contributed by atoms with E-state index in [2.05, 4.69) is 31.1 Å². The monoisotopic (exact) mass is 368 g/mol. The van der Waals surface area contributed by atoms with Gasteiger partial charge in [-0.3, -0.25) is 15.2 Å². The molecular weight excluding hydrogens is 364 g/mol. The van der Waals surface area contributed by atoms with Crippen molar-refractivity contribution in [2.75, 3.05) is 0 Å². The summed E-state index contributed by atoms with van der Waals surface area (Å²) >= 11 is 8.97. The van der Waals surface area contributed by atoms with Gasteiger partial charge in [0.2, 0.25) is 0 Å². The van der Waals surface area contributed by atoms with Crippen molar-refractivity contribution < 1.29 is 9.34 Å². The van der Waals surface area contributed by atoms with Crippen molar-refractivity contribution in [3.8, 4) is 23.0 Å². The summed E-state index contributed by atoms with van der Waals surface area (Å²) in [5.74, 6) is 1.25. The fourth-order valence-corrected chi connectivity index (χ4v) is 2.23. The molecule has 7 nitrogen and oxygen atoms in total. The van der Waals surface area contributed by atoms with Gasteiger partial charge in [0.1, 0.15) is 5.02 Å². The van der Waals surface area contributed by atoms with E-state index in [1.165, 1.54) is 12.1 Å². The molecule has 0 aliphatic heterocycles. The summed E-state index contributed by atoms with van der Waals surface area (Å²) in [4.78, 5) is 14.6. The smallest absolute Gasteiger partial charge is 0.288 e. The molecule has 1 aromatic carbocycles. The number of benzene rings is 1. The van der Waals surface area contributed by atoms with Gasteiger partial charge in [0, 0.05) is 11.6 Å². The van der Waals surface area contributed by atoms with E-state index in [1.807, 2.05) is 0 Å². The van der Waals surface area contributed by atoms with Crippen LogP contribution in [-0.2, 0) is 0 Å². The van der Waals surface area contributed by atoms with Gasteiger partial charge in [-0.05, 0) is 40.2 Å². The average Bonchev–Trinajstić information content (AvgIpc) is 3.07. The number of nitro benzene ring substituents is 1. The van der Waals surface area contributed by atoms with Gasteiger partial charge in [0.05, 0.1) is 4.92 Å². The zero-order valence-electron chi connectivity index (χ0n) is 10.2. The predicted molar refractivity (Wildman–Crippen MR) is 78.9 cm³/mol. The quantitative estimate of drug-likeness (QED) is 0.554. The van der Waals surface area contributed by atoms with Crippen LogP contribution in [0.2, 0.25) is 5.02 Å². The molecule has 0 amide bonds. The molecule has 0 unspecified atom stereocenters. The fourth-order valence-electron chi connectivity index (χ4n) is 1.73. The zero-order chi connectivity index (χ0) is 15.0. The van der Waals surface area contributed by atoms with Crippen LogP contribution in [0.3, 0.4) is 0 Å². The molecule has 0 saturated heterocycles. The number of aromatic nitrogens is 3. The maximum atomic E-state index is 10.9. The molecule has 0 aliphatic rings. The van der Waals surface area contributed by atoms with Gasteiger partial charge in [-0.2, -0.15) is 5.10 Å². The first-order chi connectivity index (χ1) is 10.0. The number of halogens is 2. The van der Waals surface area contributed by atoms with Gasteiger partial charge in [-0.15, -0.1) is 0 Å². The van der Waals surface area contributed by atoms with Crippen molar-refractivity contribution in [2.45, 2.75) is 0 Å². The van der Waals surface area contributed by atoms with Crippen LogP contribution >= 0.6 is 27.5 Å². The summed E-state index contributed by atoms with van der Waals surface area (Å²) in [6, 6.07) is 7.82. The minimum atomic E-state index is -0.553. The molecule has 21 heavy (non-hydrogen) atoms. The second kappa shape index (κ2) is 5.30. The minimum Gasteiger partial charge on any atom is -0.446 e. The molecular formula is C12H6BrClN4O3. The molecule has 0 fully saturated rings. The summed E-state index contributed by atoms with van der Waals surface area (Å²) in [5, 5.41) is 17.7. The first kappa shape index (κ1) is 13.8. The highest BCUT2D eigenvalue weighted by molar-refractivity contribution is 9.10. The lowest BCUT2D eigenvalue weighted by atomic mass is 10.2. The second-order valence-electron chi connectivity index (χ2n) is 4.03. The SMILES string of the molecule is O=[N+]([O-])c1cc(-c2n[nH]c(-c3ccc(Br)o3)n2)ccc1Cl. The Labute approximate surface area is 131 Å². The van der Waals surface area contributed by atoms with Gasteiger partial charge >= 0.3 is 0 Å². The minimum absolute atomic E-state index is 0.0643. The Morgan fingerprint density at radius 3 is 2.81 bits per heavy atom. The predicted octanol–water partition coefficient (Wildman–Crippen LogP) is 4.06. The highest BCUT2D eigenvalue weighted by atomic mass is 79.9. The third-order valence-electron chi connectivity index (χ3n) is 2.69. The Hall–Kier alpha value is -2.19. The van der Waals surface area contributed by atoms with E-state index in [-0.39, 0.29) is 10.7 Å². The van der Waals surface area contributed by atoms with E-state index in [1.54, 1.807) is 18.2 Å². The molecule has 3 rings (SSSR count). The highest BCUT2D eigenvalue weighted by Gasteiger charge is 2.16. The Kier molecular flexibility index (Phi) is 3.48. The maximum Gasteiger partial charge on any atom is 0.288 e. The molecule has 0 bridgehead atoms. The van der Waals surface area contributed by atoms with Crippen LogP contribution in [-0.4, -0.2) is 20.1 Å². The van der Waals surface area contributed by atoms with Gasteiger partial charge in [-0.1, -0.05) is 11.6 Å². The molecule has 0 aliphatic carbocycles. The van der Waals surface area contributed by atoms with E-state index in [4.69, 9.17) is 16.0 Å². The van der Waals surface area contributed by atoms with Crippen LogP contribution in [0.15, 0.2) is 39.4 Å². The molecule has 3 aromatic rings. The fraction of sp³-hybridized carbons (Fsp3) is 0. The largest absolute Gasteiger partial charge is 0.446 e. The van der Waals surface area contributed by atoms with Crippen LogP contribution in [0.4, 0.5) is 5.69 Å². The molecule has 2 heterocycles. The number of nitrogens with zero attached hydrogens (tertiary/aromatic N) is 3. The van der Waals surface area contributed by atoms with E-state index in [0.717, 1.165) is 0 Å². The van der Waals surface area contributed by atoms with Crippen molar-refractivity contribution in [2.24, 2.45) is 0 Å². The number of H-pyrrole nitrogens is 1. The second-order valence-corrected chi connectivity index (χ2v) is 5.22. The Balaban J connectivity index is 2.00. The average molecular weight is 370 g/mol. The number of nitro groups is 1. The topological polar surface area (TPSA) is 97.8 Å². The van der Waals surface area contributed by atoms with Crippen LogP contribution in [0.1, 0.15) is 0 Å². The third-order valence-corrected chi connectivity index (χ3v) is 3.44. The summed E-state index contributed by atoms with van der Waals surface area (Å²) < 4.78 is 5.92. The molecule has 1 N–H and O–H groups in total. The van der Waals surface area contributed by atoms with E-state index in [0.29, 0.717) is 27.6 Å². The molecule has 0 spiro atoms. The number of aromatic amines is 1. The first-order valence-electron chi connectivity index (χ1n) is 5.67. The van der Waals surface area contributed by atoms with Crippen LogP contribution in [0.5, 0.6) is 0 Å². The third kappa shape index (κ3) is 2.67. The van der Waals surface area contributed by atoms with Crippen molar-refractivity contribution >= 4 is 33.2 Å². The van der Waals surface area contributed by atoms with Crippen LogP contribution < -0.4 is 0 Å².